The van der Waals surface area contributed by atoms with Crippen LogP contribution in [0.15, 0.2) is 4.99 Å². The zero-order valence-corrected chi connectivity index (χ0v) is 18.7. The zero-order valence-electron chi connectivity index (χ0n) is 18.7. The number of guanidine groups is 1. The van der Waals surface area contributed by atoms with Gasteiger partial charge in [0.25, 0.3) is 0 Å². The maximum absolute atomic E-state index is 12.1. The molecule has 0 spiro atoms. The van der Waals surface area contributed by atoms with E-state index in [1.165, 1.54) is 0 Å². The van der Waals surface area contributed by atoms with Crippen LogP contribution < -0.4 is 10.6 Å². The lowest BCUT2D eigenvalue weighted by Crippen LogP contribution is -2.45. The van der Waals surface area contributed by atoms with Crippen molar-refractivity contribution < 1.29 is 14.3 Å². The third kappa shape index (κ3) is 8.80. The zero-order chi connectivity index (χ0) is 21.3. The van der Waals surface area contributed by atoms with Gasteiger partial charge in [0, 0.05) is 52.2 Å². The monoisotopic (exact) mass is 397 g/mol. The fourth-order valence-corrected chi connectivity index (χ4v) is 3.03. The Bertz CT molecular complexity index is 544. The number of nitrogens with zero attached hydrogens (tertiary/aromatic N) is 3. The molecule has 1 heterocycles. The second-order valence-electron chi connectivity index (χ2n) is 8.51. The highest BCUT2D eigenvalue weighted by atomic mass is 16.6. The van der Waals surface area contributed by atoms with E-state index in [2.05, 4.69) is 22.5 Å². The van der Waals surface area contributed by atoms with Gasteiger partial charge in [-0.2, -0.15) is 0 Å². The fraction of sp³-hybridized carbons (Fsp3) is 0.850. The number of amides is 2. The molecule has 1 fully saturated rings. The molecule has 0 aliphatic carbocycles. The van der Waals surface area contributed by atoms with Crippen LogP contribution in [-0.2, 0) is 9.53 Å². The highest BCUT2D eigenvalue weighted by molar-refractivity contribution is 5.80. The molecule has 2 atom stereocenters. The second kappa shape index (κ2) is 11.1. The SMILES string of the molecule is CCNC(=NCC(C)CN(C)C(=O)OC(C)(C)C)NC1CCN(C(=O)CC)C1. The standard InChI is InChI=1S/C20H39N5O3/c1-8-17(26)25-11-10-16(14-25)23-18(21-9-2)22-12-15(3)13-24(7)19(27)28-20(4,5)6/h15-16H,8-14H2,1-7H3,(H2,21,22,23). The fourth-order valence-electron chi connectivity index (χ4n) is 3.03. The van der Waals surface area contributed by atoms with Crippen LogP contribution in [0.2, 0.25) is 0 Å². The first-order valence-corrected chi connectivity index (χ1v) is 10.3. The van der Waals surface area contributed by atoms with Crippen LogP contribution in [0, 0.1) is 5.92 Å². The van der Waals surface area contributed by atoms with Gasteiger partial charge in [0.15, 0.2) is 5.96 Å². The number of likely N-dealkylation sites (tertiary alicyclic amines) is 1. The van der Waals surface area contributed by atoms with Crippen molar-refractivity contribution in [3.8, 4) is 0 Å². The summed E-state index contributed by atoms with van der Waals surface area (Å²) < 4.78 is 5.39. The van der Waals surface area contributed by atoms with Crippen LogP contribution in [0.25, 0.3) is 0 Å². The predicted molar refractivity (Wildman–Crippen MR) is 112 cm³/mol. The van der Waals surface area contributed by atoms with Gasteiger partial charge in [-0.15, -0.1) is 0 Å². The first kappa shape index (κ1) is 24.0. The van der Waals surface area contributed by atoms with E-state index in [4.69, 9.17) is 4.74 Å². The summed E-state index contributed by atoms with van der Waals surface area (Å²) in [5.41, 5.74) is -0.497. The Morgan fingerprint density at radius 1 is 1.32 bits per heavy atom. The number of aliphatic imine (C=N–C) groups is 1. The highest BCUT2D eigenvalue weighted by Crippen LogP contribution is 2.11. The van der Waals surface area contributed by atoms with Gasteiger partial charge in [0.05, 0.1) is 0 Å². The molecule has 2 N–H and O–H groups in total. The molecule has 1 aliphatic rings. The smallest absolute Gasteiger partial charge is 0.410 e. The Kier molecular flexibility index (Phi) is 9.55. The first-order chi connectivity index (χ1) is 13.1. The molecule has 0 saturated carbocycles. The van der Waals surface area contributed by atoms with Crippen molar-refractivity contribution in [2.75, 3.05) is 39.8 Å². The van der Waals surface area contributed by atoms with E-state index in [0.29, 0.717) is 26.1 Å². The number of rotatable bonds is 7. The lowest BCUT2D eigenvalue weighted by atomic mass is 10.2. The summed E-state index contributed by atoms with van der Waals surface area (Å²) in [7, 11) is 1.75. The Labute approximate surface area is 170 Å². The van der Waals surface area contributed by atoms with E-state index < -0.39 is 5.60 Å². The molecule has 0 aromatic carbocycles. The van der Waals surface area contributed by atoms with Gasteiger partial charge in [-0.05, 0) is 40.0 Å². The summed E-state index contributed by atoms with van der Waals surface area (Å²) in [6.45, 7) is 15.0. The van der Waals surface area contributed by atoms with Crippen molar-refractivity contribution in [2.45, 2.75) is 66.0 Å². The summed E-state index contributed by atoms with van der Waals surface area (Å²) in [6, 6.07) is 0.216. The average molecular weight is 398 g/mol. The summed E-state index contributed by atoms with van der Waals surface area (Å²) >= 11 is 0. The van der Waals surface area contributed by atoms with Crippen molar-refractivity contribution in [3.63, 3.8) is 0 Å². The number of ether oxygens (including phenoxy) is 1. The topological polar surface area (TPSA) is 86.3 Å². The Morgan fingerprint density at radius 2 is 2.00 bits per heavy atom. The number of carbonyl (C=O) groups is 2. The number of carbonyl (C=O) groups excluding carboxylic acids is 2. The first-order valence-electron chi connectivity index (χ1n) is 10.3. The summed E-state index contributed by atoms with van der Waals surface area (Å²) in [4.78, 5) is 32.1. The average Bonchev–Trinajstić information content (AvgIpc) is 3.06. The molecule has 1 aliphatic heterocycles. The van der Waals surface area contributed by atoms with E-state index in [9.17, 15) is 9.59 Å². The van der Waals surface area contributed by atoms with Gasteiger partial charge in [0.1, 0.15) is 5.60 Å². The van der Waals surface area contributed by atoms with Crippen molar-refractivity contribution >= 4 is 18.0 Å². The molecule has 2 unspecified atom stereocenters. The minimum absolute atomic E-state index is 0.190. The molecule has 2 amide bonds. The molecule has 1 saturated heterocycles. The van der Waals surface area contributed by atoms with Gasteiger partial charge in [-0.3, -0.25) is 9.79 Å². The van der Waals surface area contributed by atoms with Crippen LogP contribution in [0.4, 0.5) is 4.79 Å². The van der Waals surface area contributed by atoms with E-state index in [-0.39, 0.29) is 24.0 Å². The van der Waals surface area contributed by atoms with E-state index in [1.54, 1.807) is 11.9 Å². The molecule has 0 radical (unpaired) electrons. The molecule has 8 heteroatoms. The third-order valence-electron chi connectivity index (χ3n) is 4.38. The van der Waals surface area contributed by atoms with Gasteiger partial charge in [0.2, 0.25) is 5.91 Å². The largest absolute Gasteiger partial charge is 0.444 e. The maximum Gasteiger partial charge on any atom is 0.410 e. The molecular formula is C20H39N5O3. The second-order valence-corrected chi connectivity index (χ2v) is 8.51. The Balaban J connectivity index is 2.52. The molecule has 8 nitrogen and oxygen atoms in total. The van der Waals surface area contributed by atoms with Crippen molar-refractivity contribution in [3.05, 3.63) is 0 Å². The van der Waals surface area contributed by atoms with Gasteiger partial charge >= 0.3 is 6.09 Å². The third-order valence-corrected chi connectivity index (χ3v) is 4.38. The van der Waals surface area contributed by atoms with Crippen molar-refractivity contribution in [1.29, 1.82) is 0 Å². The predicted octanol–water partition coefficient (Wildman–Crippen LogP) is 2.06. The lowest BCUT2D eigenvalue weighted by Gasteiger charge is -2.26. The Morgan fingerprint density at radius 3 is 2.57 bits per heavy atom. The molecule has 28 heavy (non-hydrogen) atoms. The molecule has 0 aromatic rings. The van der Waals surface area contributed by atoms with E-state index in [0.717, 1.165) is 25.5 Å². The number of hydrogen-bond donors (Lipinski definition) is 2. The normalized spacial score (nSPS) is 18.6. The van der Waals surface area contributed by atoms with Crippen LogP contribution in [0.3, 0.4) is 0 Å². The minimum atomic E-state index is -0.497. The quantitative estimate of drug-likeness (QED) is 0.507. The Hall–Kier alpha value is -1.99. The lowest BCUT2D eigenvalue weighted by molar-refractivity contribution is -0.129. The highest BCUT2D eigenvalue weighted by Gasteiger charge is 2.26. The summed E-state index contributed by atoms with van der Waals surface area (Å²) in [6.07, 6.45) is 1.15. The molecule has 0 bridgehead atoms. The van der Waals surface area contributed by atoms with Gasteiger partial charge in [-0.1, -0.05) is 13.8 Å². The molecular weight excluding hydrogens is 358 g/mol. The summed E-state index contributed by atoms with van der Waals surface area (Å²) in [5, 5.41) is 6.69. The maximum atomic E-state index is 12.1. The molecule has 162 valence electrons. The van der Waals surface area contributed by atoms with Crippen molar-refractivity contribution in [1.82, 2.24) is 20.4 Å². The van der Waals surface area contributed by atoms with Crippen LogP contribution in [0.1, 0.15) is 54.4 Å². The number of hydrogen-bond acceptors (Lipinski definition) is 4. The minimum Gasteiger partial charge on any atom is -0.444 e. The molecule has 1 rings (SSSR count). The van der Waals surface area contributed by atoms with Gasteiger partial charge in [-0.25, -0.2) is 4.79 Å². The molecule has 0 aromatic heterocycles. The van der Waals surface area contributed by atoms with Gasteiger partial charge < -0.3 is 25.2 Å². The summed E-state index contributed by atoms with van der Waals surface area (Å²) in [5.74, 6) is 1.14. The van der Waals surface area contributed by atoms with Crippen LogP contribution >= 0.6 is 0 Å². The van der Waals surface area contributed by atoms with Crippen LogP contribution in [0.5, 0.6) is 0 Å². The van der Waals surface area contributed by atoms with Crippen LogP contribution in [-0.4, -0.2) is 79.2 Å². The van der Waals surface area contributed by atoms with E-state index >= 15 is 0 Å². The number of nitrogens with one attached hydrogen (secondary N) is 2. The van der Waals surface area contributed by atoms with Crippen molar-refractivity contribution in [2.24, 2.45) is 10.9 Å². The van der Waals surface area contributed by atoms with E-state index in [1.807, 2.05) is 39.5 Å².